The first kappa shape index (κ1) is 17.4. The van der Waals surface area contributed by atoms with Crippen molar-refractivity contribution in [2.45, 2.75) is 20.8 Å². The van der Waals surface area contributed by atoms with Crippen molar-refractivity contribution in [2.24, 2.45) is 4.99 Å². The van der Waals surface area contributed by atoms with Crippen molar-refractivity contribution in [3.63, 3.8) is 0 Å². The highest BCUT2D eigenvalue weighted by Crippen LogP contribution is 2.35. The molecular weight excluding hydrogens is 306 g/mol. The van der Waals surface area contributed by atoms with Gasteiger partial charge in [-0.2, -0.15) is 0 Å². The molecule has 0 unspecified atom stereocenters. The molecule has 0 aliphatic rings. The van der Waals surface area contributed by atoms with Gasteiger partial charge in [0.05, 0.1) is 12.0 Å². The zero-order valence-electron chi connectivity index (χ0n) is 14.5. The summed E-state index contributed by atoms with van der Waals surface area (Å²) < 4.78 is 0. The largest absolute Gasteiger partial charge is 0.366 e. The van der Waals surface area contributed by atoms with Crippen LogP contribution in [0.3, 0.4) is 0 Å². The zero-order valence-corrected chi connectivity index (χ0v) is 15.2. The number of aryl methyl sites for hydroxylation is 1. The van der Waals surface area contributed by atoms with E-state index >= 15 is 0 Å². The highest BCUT2D eigenvalue weighted by molar-refractivity contribution is 6.31. The van der Waals surface area contributed by atoms with Gasteiger partial charge in [0, 0.05) is 37.0 Å². The van der Waals surface area contributed by atoms with Crippen molar-refractivity contribution in [3.8, 4) is 0 Å². The first-order chi connectivity index (χ1) is 10.9. The number of anilines is 2. The highest BCUT2D eigenvalue weighted by atomic mass is 35.5. The summed E-state index contributed by atoms with van der Waals surface area (Å²) in [6, 6.07) is 12.3. The molecular formula is C19H24ClN3. The molecule has 0 fully saturated rings. The van der Waals surface area contributed by atoms with Crippen molar-refractivity contribution < 1.29 is 0 Å². The molecule has 3 nitrogen and oxygen atoms in total. The average molecular weight is 330 g/mol. The summed E-state index contributed by atoms with van der Waals surface area (Å²) in [6.45, 7) is 7.18. The van der Waals surface area contributed by atoms with E-state index in [1.54, 1.807) is 0 Å². The molecule has 0 aliphatic carbocycles. The minimum absolute atomic E-state index is 0.691. The summed E-state index contributed by atoms with van der Waals surface area (Å²) in [5.41, 5.74) is 5.44. The van der Waals surface area contributed by atoms with E-state index in [2.05, 4.69) is 62.0 Å². The second-order valence-corrected chi connectivity index (χ2v) is 6.22. The number of halogens is 1. The van der Waals surface area contributed by atoms with Gasteiger partial charge < -0.3 is 9.80 Å². The van der Waals surface area contributed by atoms with E-state index in [-0.39, 0.29) is 0 Å². The van der Waals surface area contributed by atoms with E-state index in [9.17, 15) is 0 Å². The van der Waals surface area contributed by atoms with Crippen molar-refractivity contribution in [2.75, 3.05) is 25.5 Å². The maximum absolute atomic E-state index is 6.32. The van der Waals surface area contributed by atoms with E-state index in [4.69, 9.17) is 11.6 Å². The SMILES string of the molecule is CCN(C)C=Nc1cc(Cl)cc(N(C)c2cccc(C)c2)c1C. The van der Waals surface area contributed by atoms with Gasteiger partial charge in [-0.05, 0) is 56.2 Å². The quantitative estimate of drug-likeness (QED) is 0.545. The highest BCUT2D eigenvalue weighted by Gasteiger charge is 2.12. The average Bonchev–Trinajstić information content (AvgIpc) is 2.54. The van der Waals surface area contributed by atoms with Crippen LogP contribution in [0.4, 0.5) is 17.1 Å². The van der Waals surface area contributed by atoms with Crippen molar-refractivity contribution in [1.29, 1.82) is 0 Å². The Morgan fingerprint density at radius 3 is 2.52 bits per heavy atom. The number of rotatable bonds is 5. The van der Waals surface area contributed by atoms with Crippen molar-refractivity contribution >= 4 is 35.0 Å². The third-order valence-electron chi connectivity index (χ3n) is 3.96. The van der Waals surface area contributed by atoms with Crippen LogP contribution in [0.15, 0.2) is 41.4 Å². The van der Waals surface area contributed by atoms with E-state index in [0.29, 0.717) is 5.02 Å². The second kappa shape index (κ2) is 7.51. The molecule has 4 heteroatoms. The van der Waals surface area contributed by atoms with Gasteiger partial charge in [-0.3, -0.25) is 0 Å². The van der Waals surface area contributed by atoms with Crippen LogP contribution in [-0.2, 0) is 0 Å². The van der Waals surface area contributed by atoms with Gasteiger partial charge in [0.25, 0.3) is 0 Å². The van der Waals surface area contributed by atoms with Crippen LogP contribution in [0.25, 0.3) is 0 Å². The van der Waals surface area contributed by atoms with Crippen LogP contribution in [0.1, 0.15) is 18.1 Å². The summed E-state index contributed by atoms with van der Waals surface area (Å²) in [7, 11) is 4.06. The second-order valence-electron chi connectivity index (χ2n) is 5.78. The molecule has 0 heterocycles. The molecule has 0 aromatic heterocycles. The van der Waals surface area contributed by atoms with Gasteiger partial charge in [-0.25, -0.2) is 4.99 Å². The predicted octanol–water partition coefficient (Wildman–Crippen LogP) is 5.34. The molecule has 122 valence electrons. The Hall–Kier alpha value is -2.00. The van der Waals surface area contributed by atoms with Gasteiger partial charge in [-0.1, -0.05) is 23.7 Å². The molecule has 0 radical (unpaired) electrons. The number of aliphatic imine (C=N–C) groups is 1. The lowest BCUT2D eigenvalue weighted by atomic mass is 10.1. The zero-order chi connectivity index (χ0) is 17.0. The fraction of sp³-hybridized carbons (Fsp3) is 0.316. The summed E-state index contributed by atoms with van der Waals surface area (Å²) in [6.07, 6.45) is 1.84. The Balaban J connectivity index is 2.43. The number of hydrogen-bond donors (Lipinski definition) is 0. The van der Waals surface area contributed by atoms with Crippen molar-refractivity contribution in [3.05, 3.63) is 52.5 Å². The Kier molecular flexibility index (Phi) is 5.67. The third kappa shape index (κ3) is 4.26. The lowest BCUT2D eigenvalue weighted by Crippen LogP contribution is -2.14. The van der Waals surface area contributed by atoms with E-state index < -0.39 is 0 Å². The normalized spacial score (nSPS) is 11.0. The van der Waals surface area contributed by atoms with Gasteiger partial charge in [-0.15, -0.1) is 0 Å². The lowest BCUT2D eigenvalue weighted by molar-refractivity contribution is 0.552. The monoisotopic (exact) mass is 329 g/mol. The molecule has 0 aliphatic heterocycles. The molecule has 0 N–H and O–H groups in total. The van der Waals surface area contributed by atoms with Crippen LogP contribution in [0.5, 0.6) is 0 Å². The minimum Gasteiger partial charge on any atom is -0.366 e. The fourth-order valence-electron chi connectivity index (χ4n) is 2.35. The lowest BCUT2D eigenvalue weighted by Gasteiger charge is -2.23. The number of nitrogens with zero attached hydrogens (tertiary/aromatic N) is 3. The number of hydrogen-bond acceptors (Lipinski definition) is 2. The van der Waals surface area contributed by atoms with Gasteiger partial charge in [0.15, 0.2) is 0 Å². The molecule has 0 bridgehead atoms. The number of benzene rings is 2. The Bertz CT molecular complexity index is 710. The van der Waals surface area contributed by atoms with Crippen LogP contribution in [0, 0.1) is 13.8 Å². The van der Waals surface area contributed by atoms with Crippen LogP contribution < -0.4 is 4.90 Å². The summed E-state index contributed by atoms with van der Waals surface area (Å²) >= 11 is 6.32. The van der Waals surface area contributed by atoms with Gasteiger partial charge in [0.1, 0.15) is 0 Å². The Morgan fingerprint density at radius 2 is 1.87 bits per heavy atom. The maximum Gasteiger partial charge on any atom is 0.0909 e. The molecule has 0 saturated carbocycles. The summed E-state index contributed by atoms with van der Waals surface area (Å²) in [5.74, 6) is 0. The van der Waals surface area contributed by atoms with E-state index in [1.165, 1.54) is 5.56 Å². The Morgan fingerprint density at radius 1 is 1.13 bits per heavy atom. The topological polar surface area (TPSA) is 18.8 Å². The summed E-state index contributed by atoms with van der Waals surface area (Å²) in [5, 5.41) is 0.691. The molecule has 23 heavy (non-hydrogen) atoms. The molecule has 2 aromatic rings. The van der Waals surface area contributed by atoms with Crippen LogP contribution >= 0.6 is 11.6 Å². The van der Waals surface area contributed by atoms with Crippen LogP contribution in [-0.4, -0.2) is 31.9 Å². The predicted molar refractivity (Wildman–Crippen MR) is 102 cm³/mol. The van der Waals surface area contributed by atoms with Crippen LogP contribution in [0.2, 0.25) is 5.02 Å². The first-order valence-electron chi connectivity index (χ1n) is 7.77. The standard InChI is InChI=1S/C19H24ClN3/c1-6-22(4)13-21-18-11-16(20)12-19(15(18)3)23(5)17-9-7-8-14(2)10-17/h7-13H,6H2,1-5H3. The molecule has 0 saturated heterocycles. The Labute approximate surface area is 144 Å². The smallest absolute Gasteiger partial charge is 0.0909 e. The molecule has 0 spiro atoms. The van der Waals surface area contributed by atoms with E-state index in [0.717, 1.165) is 29.2 Å². The molecule has 2 aromatic carbocycles. The maximum atomic E-state index is 6.32. The third-order valence-corrected chi connectivity index (χ3v) is 4.18. The molecule has 2 rings (SSSR count). The minimum atomic E-state index is 0.691. The summed E-state index contributed by atoms with van der Waals surface area (Å²) in [4.78, 5) is 8.76. The van der Waals surface area contributed by atoms with Crippen molar-refractivity contribution in [1.82, 2.24) is 4.90 Å². The van der Waals surface area contributed by atoms with Gasteiger partial charge in [0.2, 0.25) is 0 Å². The molecule has 0 amide bonds. The first-order valence-corrected chi connectivity index (χ1v) is 8.15. The molecule has 0 atom stereocenters. The van der Waals surface area contributed by atoms with E-state index in [1.807, 2.05) is 30.4 Å². The fourth-order valence-corrected chi connectivity index (χ4v) is 2.56. The van der Waals surface area contributed by atoms with Gasteiger partial charge >= 0.3 is 0 Å².